The minimum absolute atomic E-state index is 0.0257. The number of anilines is 1. The van der Waals surface area contributed by atoms with Gasteiger partial charge in [0.15, 0.2) is 17.5 Å². The van der Waals surface area contributed by atoms with Crippen LogP contribution in [0, 0.1) is 0 Å². The molecule has 2 heterocycles. The smallest absolute Gasteiger partial charge is 0.282 e. The van der Waals surface area contributed by atoms with Crippen LogP contribution in [0.4, 0.5) is 5.69 Å². The van der Waals surface area contributed by atoms with Gasteiger partial charge >= 0.3 is 0 Å². The van der Waals surface area contributed by atoms with Crippen molar-refractivity contribution in [1.29, 1.82) is 0 Å². The lowest BCUT2D eigenvalue weighted by atomic mass is 10.2. The van der Waals surface area contributed by atoms with Gasteiger partial charge in [0.2, 0.25) is 6.79 Å². The molecule has 0 saturated heterocycles. The monoisotopic (exact) mass is 319 g/mol. The summed E-state index contributed by atoms with van der Waals surface area (Å²) in [5.74, 6) is 1.35. The average molecular weight is 319 g/mol. The number of thiophene rings is 1. The molecule has 1 aromatic heterocycles. The number of amides is 1. The Bertz CT molecular complexity index is 657. The van der Waals surface area contributed by atoms with Crippen LogP contribution < -0.4 is 20.1 Å². The van der Waals surface area contributed by atoms with Crippen molar-refractivity contribution in [3.05, 3.63) is 40.6 Å². The second-order valence-corrected chi connectivity index (χ2v) is 6.32. The maximum Gasteiger partial charge on any atom is 0.282 e. The van der Waals surface area contributed by atoms with Crippen molar-refractivity contribution in [3.63, 3.8) is 0 Å². The van der Waals surface area contributed by atoms with E-state index in [9.17, 15) is 4.79 Å². The molecule has 1 aliphatic rings. The number of carbonyl (C=O) groups is 1. The maximum absolute atomic E-state index is 12.3. The van der Waals surface area contributed by atoms with Crippen LogP contribution in [0.15, 0.2) is 35.7 Å². The van der Waals surface area contributed by atoms with Gasteiger partial charge in [0.05, 0.1) is 4.88 Å². The van der Waals surface area contributed by atoms with Gasteiger partial charge in [-0.05, 0) is 37.4 Å². The van der Waals surface area contributed by atoms with E-state index < -0.39 is 0 Å². The highest BCUT2D eigenvalue weighted by molar-refractivity contribution is 7.10. The number of quaternary nitrogens is 1. The van der Waals surface area contributed by atoms with E-state index in [1.54, 1.807) is 23.5 Å². The van der Waals surface area contributed by atoms with E-state index in [4.69, 9.17) is 9.47 Å². The summed E-state index contributed by atoms with van der Waals surface area (Å²) in [5, 5.41) is 7.04. The number of rotatable bonds is 5. The molecule has 0 saturated carbocycles. The van der Waals surface area contributed by atoms with Gasteiger partial charge in [-0.2, -0.15) is 0 Å². The van der Waals surface area contributed by atoms with Crippen LogP contribution in [-0.2, 0) is 4.79 Å². The molecule has 1 aliphatic heterocycles. The number of nitrogens with one attached hydrogen (secondary N) is 1. The lowest BCUT2D eigenvalue weighted by Crippen LogP contribution is -2.91. The van der Waals surface area contributed by atoms with E-state index in [1.807, 2.05) is 19.1 Å². The first kappa shape index (κ1) is 14.9. The summed E-state index contributed by atoms with van der Waals surface area (Å²) in [4.78, 5) is 13.6. The normalized spacial score (nSPS) is 15.4. The highest BCUT2D eigenvalue weighted by Gasteiger charge is 2.22. The molecule has 3 rings (SSSR count). The third-order valence-corrected chi connectivity index (χ3v) is 4.70. The summed E-state index contributed by atoms with van der Waals surface area (Å²) in [6.07, 6.45) is 0. The Morgan fingerprint density at radius 2 is 2.09 bits per heavy atom. The van der Waals surface area contributed by atoms with Crippen LogP contribution in [0.5, 0.6) is 11.5 Å². The van der Waals surface area contributed by atoms with Gasteiger partial charge in [0, 0.05) is 11.8 Å². The summed E-state index contributed by atoms with van der Waals surface area (Å²) >= 11 is 1.71. The summed E-state index contributed by atoms with van der Waals surface area (Å²) in [6.45, 7) is 4.25. The minimum atomic E-state index is -0.178. The Labute approximate surface area is 133 Å². The molecule has 1 aromatic carbocycles. The molecule has 1 amide bonds. The van der Waals surface area contributed by atoms with Crippen LogP contribution in [0.1, 0.15) is 24.8 Å². The second-order valence-electron chi connectivity index (χ2n) is 5.34. The first-order chi connectivity index (χ1) is 10.6. The van der Waals surface area contributed by atoms with Gasteiger partial charge in [-0.3, -0.25) is 4.79 Å². The van der Waals surface area contributed by atoms with Crippen LogP contribution in [0.25, 0.3) is 0 Å². The summed E-state index contributed by atoms with van der Waals surface area (Å²) in [6, 6.07) is 9.62. The summed E-state index contributed by atoms with van der Waals surface area (Å²) in [5.41, 5.74) is 0.721. The number of nitrogens with two attached hydrogens (primary N) is 1. The number of hydrogen-bond acceptors (Lipinski definition) is 4. The van der Waals surface area contributed by atoms with E-state index in [1.165, 1.54) is 4.88 Å². The second kappa shape index (κ2) is 6.37. The van der Waals surface area contributed by atoms with Crippen LogP contribution in [-0.4, -0.2) is 18.7 Å². The standard InChI is InChI=1S/C16H18N2O3S/c1-10(15-4-3-7-22-15)17-11(2)16(19)18-12-5-6-13-14(8-12)21-9-20-13/h3-8,10-11,17H,9H2,1-2H3,(H,18,19)/p+1/t10-,11-/m1/s1. The fraction of sp³-hybridized carbons (Fsp3) is 0.312. The number of benzene rings is 1. The Morgan fingerprint density at radius 3 is 2.86 bits per heavy atom. The first-order valence-electron chi connectivity index (χ1n) is 7.22. The van der Waals surface area contributed by atoms with E-state index in [2.05, 4.69) is 29.0 Å². The van der Waals surface area contributed by atoms with Crippen molar-refractivity contribution >= 4 is 22.9 Å². The quantitative estimate of drug-likeness (QED) is 0.887. The highest BCUT2D eigenvalue weighted by atomic mass is 32.1. The van der Waals surface area contributed by atoms with Crippen LogP contribution >= 0.6 is 11.3 Å². The molecule has 5 nitrogen and oxygen atoms in total. The predicted octanol–water partition coefficient (Wildman–Crippen LogP) is 2.13. The zero-order valence-corrected chi connectivity index (χ0v) is 13.4. The molecule has 0 aliphatic carbocycles. The van der Waals surface area contributed by atoms with Gasteiger partial charge in [0.1, 0.15) is 6.04 Å². The molecular weight excluding hydrogens is 300 g/mol. The number of ether oxygens (including phenoxy) is 2. The number of carbonyl (C=O) groups excluding carboxylic acids is 1. The van der Waals surface area contributed by atoms with Gasteiger partial charge in [-0.15, -0.1) is 11.3 Å². The van der Waals surface area contributed by atoms with Crippen LogP contribution in [0.3, 0.4) is 0 Å². The Hall–Kier alpha value is -2.05. The first-order valence-corrected chi connectivity index (χ1v) is 8.10. The molecule has 2 atom stereocenters. The van der Waals surface area contributed by atoms with Crippen LogP contribution in [0.2, 0.25) is 0 Å². The Balaban J connectivity index is 1.59. The van der Waals surface area contributed by atoms with Gasteiger partial charge in [-0.25, -0.2) is 0 Å². The topological polar surface area (TPSA) is 64.2 Å². The lowest BCUT2D eigenvalue weighted by molar-refractivity contribution is -0.709. The van der Waals surface area contributed by atoms with E-state index in [0.717, 1.165) is 5.69 Å². The SMILES string of the molecule is C[C@@H]([NH2+][C@H](C)c1cccs1)C(=O)Nc1ccc2c(c1)OCO2. The molecule has 3 N–H and O–H groups in total. The third-order valence-electron chi connectivity index (χ3n) is 3.62. The number of fused-ring (bicyclic) bond motifs is 1. The fourth-order valence-corrected chi connectivity index (χ4v) is 3.16. The van der Waals surface area contributed by atoms with Gasteiger partial charge in [-0.1, -0.05) is 6.07 Å². The largest absolute Gasteiger partial charge is 0.454 e. The highest BCUT2D eigenvalue weighted by Crippen LogP contribution is 2.34. The summed E-state index contributed by atoms with van der Waals surface area (Å²) < 4.78 is 10.6. The molecule has 0 radical (unpaired) electrons. The molecule has 2 aromatic rings. The van der Waals surface area contributed by atoms with Gasteiger partial charge < -0.3 is 20.1 Å². The fourth-order valence-electron chi connectivity index (χ4n) is 2.40. The van der Waals surface area contributed by atoms with E-state index in [-0.39, 0.29) is 24.8 Å². The van der Waals surface area contributed by atoms with Crippen molar-refractivity contribution < 1.29 is 19.6 Å². The maximum atomic E-state index is 12.3. The zero-order valence-electron chi connectivity index (χ0n) is 12.5. The van der Waals surface area contributed by atoms with Crippen molar-refractivity contribution in [1.82, 2.24) is 0 Å². The molecule has 0 bridgehead atoms. The van der Waals surface area contributed by atoms with Crippen molar-refractivity contribution in [3.8, 4) is 11.5 Å². The van der Waals surface area contributed by atoms with E-state index in [0.29, 0.717) is 11.5 Å². The number of hydrogen-bond donors (Lipinski definition) is 2. The van der Waals surface area contributed by atoms with Crippen molar-refractivity contribution in [2.24, 2.45) is 0 Å². The van der Waals surface area contributed by atoms with E-state index >= 15 is 0 Å². The third kappa shape index (κ3) is 3.23. The molecular formula is C16H19N2O3S+. The lowest BCUT2D eigenvalue weighted by Gasteiger charge is -2.15. The minimum Gasteiger partial charge on any atom is -0.454 e. The molecule has 6 heteroatoms. The molecule has 0 unspecified atom stereocenters. The molecule has 116 valence electrons. The Kier molecular flexibility index (Phi) is 4.31. The summed E-state index contributed by atoms with van der Waals surface area (Å²) in [7, 11) is 0. The average Bonchev–Trinajstić information content (AvgIpc) is 3.18. The molecule has 0 spiro atoms. The van der Waals surface area contributed by atoms with Crippen molar-refractivity contribution in [2.75, 3.05) is 12.1 Å². The zero-order chi connectivity index (χ0) is 15.5. The van der Waals surface area contributed by atoms with Crippen molar-refractivity contribution in [2.45, 2.75) is 25.9 Å². The van der Waals surface area contributed by atoms with Gasteiger partial charge in [0.25, 0.3) is 5.91 Å². The predicted molar refractivity (Wildman–Crippen MR) is 85.3 cm³/mol. The molecule has 0 fully saturated rings. The molecule has 22 heavy (non-hydrogen) atoms. The Morgan fingerprint density at radius 1 is 1.27 bits per heavy atom.